The molecule has 6 heteroatoms. The summed E-state index contributed by atoms with van der Waals surface area (Å²) in [5.74, 6) is 1.48. The quantitative estimate of drug-likeness (QED) is 0.486. The molecule has 0 bridgehead atoms. The molecule has 156 valence electrons. The monoisotopic (exact) mass is 448 g/mol. The second kappa shape index (κ2) is 9.53. The van der Waals surface area contributed by atoms with Crippen molar-refractivity contribution in [2.45, 2.75) is 31.4 Å². The Labute approximate surface area is 233 Å². The minimum atomic E-state index is -0.886. The van der Waals surface area contributed by atoms with Gasteiger partial charge in [-0.25, -0.2) is 5.56 Å². The van der Waals surface area contributed by atoms with Gasteiger partial charge in [0.05, 0.1) is 30.2 Å². The van der Waals surface area contributed by atoms with Crippen molar-refractivity contribution in [1.29, 1.82) is 0 Å². The molecule has 3 aromatic carbocycles. The molecule has 2 heterocycles. The van der Waals surface area contributed by atoms with Crippen molar-refractivity contribution >= 4 is 30.4 Å². The molecule has 5 rings (SSSR count). The molecule has 0 aromatic heterocycles. The van der Waals surface area contributed by atoms with Crippen molar-refractivity contribution in [3.63, 3.8) is 0 Å². The Hall–Kier alpha value is -1.28. The third kappa shape index (κ3) is 4.54. The summed E-state index contributed by atoms with van der Waals surface area (Å²) in [5, 5.41) is 11.9. The molecule has 2 aliphatic heterocycles. The van der Waals surface area contributed by atoms with E-state index in [4.69, 9.17) is 17.3 Å². The topological polar surface area (TPSA) is 41.9 Å². The van der Waals surface area contributed by atoms with Gasteiger partial charge in [0, 0.05) is 13.1 Å². The molecule has 2 aliphatic rings. The van der Waals surface area contributed by atoms with Crippen LogP contribution in [-0.2, 0) is 0 Å². The van der Waals surface area contributed by atoms with Crippen molar-refractivity contribution in [3.8, 4) is 22.6 Å². The molecule has 1 atom stereocenters. The van der Waals surface area contributed by atoms with Gasteiger partial charge in [-0.05, 0) is 31.2 Å². The number of nitrogens with zero attached hydrogens (tertiary/aromatic N) is 1. The summed E-state index contributed by atoms with van der Waals surface area (Å²) in [6.07, 6.45) is 5.07. The summed E-state index contributed by atoms with van der Waals surface area (Å²) in [4.78, 5) is 2.27. The minimum Gasteiger partial charge on any atom is -0.529 e. The summed E-state index contributed by atoms with van der Waals surface area (Å²) in [6.45, 7) is 3.40. The summed E-state index contributed by atoms with van der Waals surface area (Å²) in [6, 6.07) is 19.0. The number of aliphatic hydroxyl groups excluding tert-OH is 1. The number of hydrogen-bond donors (Lipinski definition) is 1. The van der Waals surface area contributed by atoms with Gasteiger partial charge < -0.3 is 19.5 Å². The van der Waals surface area contributed by atoms with Crippen LogP contribution in [-0.4, -0.2) is 44.8 Å². The number of ether oxygens (including phenoxy) is 2. The fourth-order valence-electron chi connectivity index (χ4n) is 4.38. The molecular formula is C26H24BKNO3-. The first kappa shape index (κ1) is 23.9. The second-order valence-corrected chi connectivity index (χ2v) is 8.43. The Morgan fingerprint density at radius 2 is 2.00 bits per heavy atom. The number of rotatable bonds is 3. The maximum atomic E-state index is 9.94. The van der Waals surface area contributed by atoms with Gasteiger partial charge in [0.25, 0.3) is 0 Å². The first-order chi connectivity index (χ1) is 14.9. The zero-order valence-electron chi connectivity index (χ0n) is 18.8. The number of methoxy groups -OCH3 is 1. The molecule has 1 unspecified atom stereocenters. The van der Waals surface area contributed by atoms with Crippen molar-refractivity contribution in [3.05, 3.63) is 60.2 Å². The van der Waals surface area contributed by atoms with Gasteiger partial charge in [0.2, 0.25) is 0 Å². The normalized spacial score (nSPS) is 20.4. The van der Waals surface area contributed by atoms with Gasteiger partial charge in [-0.15, -0.1) is 17.5 Å². The molecule has 4 nitrogen and oxygen atoms in total. The zero-order chi connectivity index (χ0) is 21.6. The Morgan fingerprint density at radius 1 is 1.22 bits per heavy atom. The molecule has 0 aliphatic carbocycles. The van der Waals surface area contributed by atoms with Crippen LogP contribution in [0.5, 0.6) is 11.5 Å². The second-order valence-electron chi connectivity index (χ2n) is 8.43. The van der Waals surface area contributed by atoms with Crippen LogP contribution in [0.3, 0.4) is 0 Å². The van der Waals surface area contributed by atoms with Crippen molar-refractivity contribution in [2.75, 3.05) is 25.1 Å². The fraction of sp³-hybridized carbons (Fsp3) is 0.308. The largest absolute Gasteiger partial charge is 1.00 e. The average molecular weight is 448 g/mol. The van der Waals surface area contributed by atoms with E-state index in [9.17, 15) is 5.11 Å². The number of anilines is 1. The molecule has 3 aromatic rings. The maximum Gasteiger partial charge on any atom is 1.00 e. The molecule has 0 amide bonds. The minimum absolute atomic E-state index is 0. The van der Waals surface area contributed by atoms with Crippen molar-refractivity contribution in [1.82, 2.24) is 0 Å². The fourth-order valence-corrected chi connectivity index (χ4v) is 4.38. The Balaban J connectivity index is 0.00000245. The summed E-state index contributed by atoms with van der Waals surface area (Å²) < 4.78 is 12.0. The van der Waals surface area contributed by atoms with Crippen LogP contribution in [0.25, 0.3) is 28.0 Å². The van der Waals surface area contributed by atoms with E-state index in [-0.39, 0.29) is 57.5 Å². The summed E-state index contributed by atoms with van der Waals surface area (Å²) in [5.41, 5.74) is 2.91. The van der Waals surface area contributed by atoms with Gasteiger partial charge >= 0.3 is 51.4 Å². The van der Waals surface area contributed by atoms with Crippen LogP contribution in [0.2, 0.25) is 0 Å². The van der Waals surface area contributed by atoms with Gasteiger partial charge in [-0.3, -0.25) is 0 Å². The number of benzene rings is 3. The maximum absolute atomic E-state index is 9.94. The molecule has 1 saturated heterocycles. The molecule has 0 saturated carbocycles. The number of fused-ring (bicyclic) bond motifs is 3. The number of hydrogen-bond acceptors (Lipinski definition) is 4. The van der Waals surface area contributed by atoms with E-state index in [1.807, 2.05) is 49.4 Å². The Kier molecular flexibility index (Phi) is 7.11. The van der Waals surface area contributed by atoms with Crippen LogP contribution in [0, 0.1) is 12.1 Å². The van der Waals surface area contributed by atoms with Crippen LogP contribution in [0.15, 0.2) is 42.5 Å². The SMILES string of the molecule is [B]C1(C)C=Cc2[c-]c(-c3[c-]cccc3)c3cc(N4CCC(O)CC4)c(OC)cc3c2O1.[K+]. The van der Waals surface area contributed by atoms with Crippen molar-refractivity contribution in [2.24, 2.45) is 0 Å². The van der Waals surface area contributed by atoms with Crippen molar-refractivity contribution < 1.29 is 66.0 Å². The molecule has 0 spiro atoms. The van der Waals surface area contributed by atoms with Crippen LogP contribution in [0.1, 0.15) is 25.3 Å². The third-order valence-electron chi connectivity index (χ3n) is 6.02. The van der Waals surface area contributed by atoms with Gasteiger partial charge in [-0.2, -0.15) is 35.9 Å². The predicted molar refractivity (Wildman–Crippen MR) is 125 cm³/mol. The molecule has 1 fully saturated rings. The zero-order valence-corrected chi connectivity index (χ0v) is 21.9. The van der Waals surface area contributed by atoms with Crippen LogP contribution in [0.4, 0.5) is 5.69 Å². The summed E-state index contributed by atoms with van der Waals surface area (Å²) in [7, 11) is 7.96. The third-order valence-corrected chi connectivity index (χ3v) is 6.02. The van der Waals surface area contributed by atoms with Gasteiger partial charge in [0.15, 0.2) is 0 Å². The number of piperidine rings is 1. The van der Waals surface area contributed by atoms with E-state index in [2.05, 4.69) is 23.1 Å². The number of aliphatic hydroxyl groups is 1. The Bertz CT molecular complexity index is 1150. The van der Waals surface area contributed by atoms with E-state index in [0.29, 0.717) is 5.75 Å². The van der Waals surface area contributed by atoms with E-state index < -0.39 is 5.50 Å². The molecule has 2 radical (unpaired) electrons. The van der Waals surface area contributed by atoms with E-state index >= 15 is 0 Å². The van der Waals surface area contributed by atoms with Crippen LogP contribution >= 0.6 is 0 Å². The Morgan fingerprint density at radius 3 is 2.69 bits per heavy atom. The first-order valence-electron chi connectivity index (χ1n) is 10.6. The summed E-state index contributed by atoms with van der Waals surface area (Å²) >= 11 is 0. The van der Waals surface area contributed by atoms with Gasteiger partial charge in [0.1, 0.15) is 13.6 Å². The predicted octanol–water partition coefficient (Wildman–Crippen LogP) is 1.37. The molecular weight excluding hydrogens is 424 g/mol. The van der Waals surface area contributed by atoms with E-state index in [1.54, 1.807) is 7.11 Å². The standard InChI is InChI=1S/C26H24BNO3.K/c1-26(27)11-8-18-14-20(17-6-4-3-5-7-17)21-15-23(28-12-9-19(29)10-13-28)24(30-2)16-22(21)25(18)31-26;/h3-6,8,11,15-16,19,29H,9-10,12-13H2,1-2H3;/q-2;+1. The molecule has 1 N–H and O–H groups in total. The average Bonchev–Trinajstić information content (AvgIpc) is 2.78. The van der Waals surface area contributed by atoms with E-state index in [1.165, 1.54) is 0 Å². The smallest absolute Gasteiger partial charge is 0.529 e. The van der Waals surface area contributed by atoms with Gasteiger partial charge in [-0.1, -0.05) is 17.7 Å². The molecule has 32 heavy (non-hydrogen) atoms. The van der Waals surface area contributed by atoms with Crippen LogP contribution < -0.4 is 65.8 Å². The van der Waals surface area contributed by atoms with E-state index in [0.717, 1.165) is 64.8 Å². The first-order valence-corrected chi connectivity index (χ1v) is 10.6.